The van der Waals surface area contributed by atoms with E-state index in [1.807, 2.05) is 12.1 Å². The highest BCUT2D eigenvalue weighted by Gasteiger charge is 2.40. The van der Waals surface area contributed by atoms with Crippen LogP contribution in [0.4, 0.5) is 18.9 Å². The minimum absolute atomic E-state index is 0.00507. The molecule has 0 aliphatic carbocycles. The summed E-state index contributed by atoms with van der Waals surface area (Å²) >= 11 is 0. The van der Waals surface area contributed by atoms with Crippen LogP contribution in [-0.4, -0.2) is 113 Å². The number of halogens is 3. The van der Waals surface area contributed by atoms with E-state index in [1.54, 1.807) is 40.8 Å². The van der Waals surface area contributed by atoms with Crippen LogP contribution in [0.2, 0.25) is 0 Å². The van der Waals surface area contributed by atoms with Crippen LogP contribution in [0.3, 0.4) is 0 Å². The minimum atomic E-state index is -4.71. The molecule has 7 heterocycles. The van der Waals surface area contributed by atoms with E-state index >= 15 is 0 Å². The lowest BCUT2D eigenvalue weighted by Crippen LogP contribution is -2.52. The molecule has 2 atom stereocenters. The number of ether oxygens (including phenoxy) is 1. The van der Waals surface area contributed by atoms with Crippen molar-refractivity contribution in [2.24, 2.45) is 7.05 Å². The van der Waals surface area contributed by atoms with Crippen LogP contribution in [0.25, 0.3) is 11.2 Å². The van der Waals surface area contributed by atoms with Crippen molar-refractivity contribution in [2.75, 3.05) is 44.2 Å². The molecule has 354 valence electrons. The third kappa shape index (κ3) is 9.17. The molecule has 0 unspecified atom stereocenters. The maximum atomic E-state index is 14.5. The zero-order valence-corrected chi connectivity index (χ0v) is 37.4. The average Bonchev–Trinajstić information content (AvgIpc) is 4.02. The summed E-state index contributed by atoms with van der Waals surface area (Å²) in [5.41, 5.74) is 4.08. The van der Waals surface area contributed by atoms with Crippen molar-refractivity contribution in [1.82, 2.24) is 43.7 Å². The molecule has 10 rings (SSSR count). The third-order valence-corrected chi connectivity index (χ3v) is 13.7. The number of pyridine rings is 1. The fraction of sp³-hybridized carbons (Fsp3) is 0.388. The van der Waals surface area contributed by atoms with E-state index in [4.69, 9.17) is 4.74 Å². The Bertz CT molecular complexity index is 2930. The van der Waals surface area contributed by atoms with Crippen molar-refractivity contribution in [3.63, 3.8) is 0 Å². The number of carbonyl (C=O) groups excluding carboxylic acids is 3. The summed E-state index contributed by atoms with van der Waals surface area (Å²) in [6.45, 7) is 6.54. The number of piperidine rings is 2. The van der Waals surface area contributed by atoms with Crippen molar-refractivity contribution in [3.8, 4) is 5.69 Å². The number of anilines is 1. The van der Waals surface area contributed by atoms with Crippen LogP contribution >= 0.6 is 0 Å². The van der Waals surface area contributed by atoms with E-state index in [2.05, 4.69) is 60.5 Å². The Hall–Kier alpha value is -6.67. The number of nitrogens with one attached hydrogen (secondary N) is 1. The molecule has 3 aromatic heterocycles. The fourth-order valence-electron chi connectivity index (χ4n) is 9.90. The quantitative estimate of drug-likeness (QED) is 0.165. The Morgan fingerprint density at radius 1 is 0.824 bits per heavy atom. The van der Waals surface area contributed by atoms with E-state index in [-0.39, 0.29) is 42.2 Å². The monoisotopic (exact) mass is 932 g/mol. The SMILES string of the molecule is Cn1cnnc1[C@H](O)c1cccc(-n2cc3c(C(F)(F)F)cc(CN4CCC(OCc5ccc(CN6CCN(c7ccc8c(c7)CN([C@H]7CCC(=O)NC7=O)C8=O)CC6)cc5)CC4)cn3c2=O)c1. The molecule has 19 heteroatoms. The number of imidazole rings is 1. The number of imide groups is 1. The van der Waals surface area contributed by atoms with Gasteiger partial charge in [-0.05, 0) is 83.5 Å². The van der Waals surface area contributed by atoms with Crippen molar-refractivity contribution >= 4 is 28.9 Å². The Morgan fingerprint density at radius 2 is 1.56 bits per heavy atom. The normalized spacial score (nSPS) is 19.2. The largest absolute Gasteiger partial charge is 0.418 e. The molecule has 3 amide bonds. The Morgan fingerprint density at radius 3 is 2.28 bits per heavy atom. The standard InChI is InChI=1S/C49H51F3N10O6/c1-56-30-53-55-45(56)44(64)34-3-2-4-37(22-34)60-28-42-40(49(50,51)52)21-33(26-62(42)48(60)67)25-57-15-13-38(14-16-57)68-29-32-7-5-31(6-8-32)24-58-17-19-59(20-18-58)36-9-10-39-35(23-36)27-61(47(39)66)41-11-12-43(63)54-46(41)65/h2-10,21-23,26,28,30,38,41,44,64H,11-20,24-25,27,29H2,1H3,(H,54,63,65)/t41-,44+/m0/s1. The molecule has 0 radical (unpaired) electrons. The molecule has 6 aromatic rings. The lowest BCUT2D eigenvalue weighted by molar-refractivity contribution is -0.137. The van der Waals surface area contributed by atoms with E-state index in [0.717, 1.165) is 77.4 Å². The maximum absolute atomic E-state index is 14.5. The van der Waals surface area contributed by atoms with Gasteiger partial charge in [-0.2, -0.15) is 13.2 Å². The number of piperazine rings is 1. The molecule has 16 nitrogen and oxygen atoms in total. The second kappa shape index (κ2) is 18.4. The lowest BCUT2D eigenvalue weighted by atomic mass is 10.0. The summed E-state index contributed by atoms with van der Waals surface area (Å²) < 4.78 is 53.7. The summed E-state index contributed by atoms with van der Waals surface area (Å²) in [6.07, 6.45) is 0.253. The number of nitrogens with zero attached hydrogens (tertiary/aromatic N) is 9. The number of aliphatic hydroxyl groups excluding tert-OH is 1. The first-order chi connectivity index (χ1) is 32.7. The molecule has 3 aromatic carbocycles. The second-order valence-corrected chi connectivity index (χ2v) is 18.2. The molecular formula is C49H51F3N10O6. The zero-order valence-electron chi connectivity index (χ0n) is 37.4. The van der Waals surface area contributed by atoms with Gasteiger partial charge in [0.15, 0.2) is 5.82 Å². The van der Waals surface area contributed by atoms with Gasteiger partial charge in [0.25, 0.3) is 5.91 Å². The first kappa shape index (κ1) is 45.1. The first-order valence-corrected chi connectivity index (χ1v) is 22.9. The van der Waals surface area contributed by atoms with Crippen LogP contribution in [0.1, 0.15) is 81.4 Å². The Balaban J connectivity index is 0.696. The van der Waals surface area contributed by atoms with Crippen molar-refractivity contribution in [1.29, 1.82) is 0 Å². The number of carbonyl (C=O) groups is 3. The summed E-state index contributed by atoms with van der Waals surface area (Å²) in [6, 6.07) is 21.2. The van der Waals surface area contributed by atoms with E-state index in [0.29, 0.717) is 55.0 Å². The number of likely N-dealkylation sites (tertiary alicyclic amines) is 1. The predicted octanol–water partition coefficient (Wildman–Crippen LogP) is 4.58. The van der Waals surface area contributed by atoms with Gasteiger partial charge < -0.3 is 24.2 Å². The highest BCUT2D eigenvalue weighted by atomic mass is 19.4. The van der Waals surface area contributed by atoms with Crippen LogP contribution in [0, 0.1) is 0 Å². The summed E-state index contributed by atoms with van der Waals surface area (Å²) in [4.78, 5) is 59.4. The summed E-state index contributed by atoms with van der Waals surface area (Å²) in [7, 11) is 1.68. The Kier molecular flexibility index (Phi) is 12.2. The van der Waals surface area contributed by atoms with Gasteiger partial charge in [-0.25, -0.2) is 4.79 Å². The number of fused-ring (bicyclic) bond motifs is 2. The number of amides is 3. The highest BCUT2D eigenvalue weighted by molar-refractivity contribution is 6.05. The molecule has 2 N–H and O–H groups in total. The number of hydrogen-bond acceptors (Lipinski definition) is 11. The first-order valence-electron chi connectivity index (χ1n) is 22.9. The fourth-order valence-corrected chi connectivity index (χ4v) is 9.90. The average molecular weight is 933 g/mol. The Labute approximate surface area is 389 Å². The number of aliphatic hydroxyl groups is 1. The maximum Gasteiger partial charge on any atom is 0.418 e. The van der Waals surface area contributed by atoms with Crippen LogP contribution in [0.5, 0.6) is 0 Å². The zero-order chi connectivity index (χ0) is 47.3. The molecule has 3 fully saturated rings. The number of rotatable bonds is 12. The second-order valence-electron chi connectivity index (χ2n) is 18.2. The van der Waals surface area contributed by atoms with Gasteiger partial charge in [-0.15, -0.1) is 10.2 Å². The molecule has 0 spiro atoms. The van der Waals surface area contributed by atoms with Crippen LogP contribution in [0.15, 0.2) is 96.3 Å². The van der Waals surface area contributed by atoms with Gasteiger partial charge in [0.2, 0.25) is 11.8 Å². The molecule has 3 saturated heterocycles. The van der Waals surface area contributed by atoms with Gasteiger partial charge in [0, 0.05) is 96.0 Å². The van der Waals surface area contributed by atoms with Gasteiger partial charge in [-0.1, -0.05) is 36.4 Å². The van der Waals surface area contributed by atoms with Crippen LogP contribution in [-0.2, 0) is 53.8 Å². The topological polar surface area (TPSA) is 163 Å². The summed E-state index contributed by atoms with van der Waals surface area (Å²) in [5, 5.41) is 21.0. The number of aromatic nitrogens is 5. The molecule has 4 aliphatic rings. The number of alkyl halides is 3. The van der Waals surface area contributed by atoms with E-state index in [1.165, 1.54) is 24.3 Å². The minimum Gasteiger partial charge on any atom is -0.380 e. The molecule has 0 bridgehead atoms. The molecule has 68 heavy (non-hydrogen) atoms. The lowest BCUT2D eigenvalue weighted by Gasteiger charge is -2.36. The smallest absolute Gasteiger partial charge is 0.380 e. The third-order valence-electron chi connectivity index (χ3n) is 13.7. The molecular weight excluding hydrogens is 882 g/mol. The van der Waals surface area contributed by atoms with Crippen LogP contribution < -0.4 is 15.9 Å². The number of hydrogen-bond donors (Lipinski definition) is 2. The number of benzene rings is 3. The van der Waals surface area contributed by atoms with Gasteiger partial charge in [-0.3, -0.25) is 38.5 Å². The molecule has 4 aliphatic heterocycles. The molecule has 0 saturated carbocycles. The van der Waals surface area contributed by atoms with Gasteiger partial charge in [0.1, 0.15) is 18.5 Å². The highest BCUT2D eigenvalue weighted by Crippen LogP contribution is 2.35. The van der Waals surface area contributed by atoms with E-state index < -0.39 is 35.5 Å². The van der Waals surface area contributed by atoms with Crippen molar-refractivity contribution in [3.05, 3.63) is 147 Å². The summed E-state index contributed by atoms with van der Waals surface area (Å²) in [5.74, 6) is -0.604. The van der Waals surface area contributed by atoms with Gasteiger partial charge in [0.05, 0.1) is 29.5 Å². The number of aryl methyl sites for hydroxylation is 1. The van der Waals surface area contributed by atoms with Crippen molar-refractivity contribution in [2.45, 2.75) is 76.4 Å². The van der Waals surface area contributed by atoms with Crippen molar-refractivity contribution < 1.29 is 37.4 Å². The van der Waals surface area contributed by atoms with Gasteiger partial charge >= 0.3 is 11.9 Å². The predicted molar refractivity (Wildman–Crippen MR) is 243 cm³/mol. The van der Waals surface area contributed by atoms with E-state index in [9.17, 15) is 37.5 Å².